The molecule has 3 aromatic carbocycles. The number of hydrogen-bond acceptors (Lipinski definition) is 3. The second-order valence-electron chi connectivity index (χ2n) is 7.18. The van der Waals surface area contributed by atoms with Gasteiger partial charge in [0.05, 0.1) is 12.1 Å². The lowest BCUT2D eigenvalue weighted by Gasteiger charge is -2.23. The Hall–Kier alpha value is -3.31. The highest BCUT2D eigenvalue weighted by atomic mass is 19.1. The fraction of sp³-hybridized carbons (Fsp3) is 0.167. The summed E-state index contributed by atoms with van der Waals surface area (Å²) in [7, 11) is 0. The van der Waals surface area contributed by atoms with Gasteiger partial charge in [0.2, 0.25) is 0 Å². The minimum atomic E-state index is -1.93. The highest BCUT2D eigenvalue weighted by Gasteiger charge is 2.50. The summed E-state index contributed by atoms with van der Waals surface area (Å²) in [6, 6.07) is 21.9. The highest BCUT2D eigenvalue weighted by Crippen LogP contribution is 2.42. The van der Waals surface area contributed by atoms with Gasteiger partial charge in [-0.2, -0.15) is 0 Å². The van der Waals surface area contributed by atoms with E-state index in [1.807, 2.05) is 30.3 Å². The summed E-state index contributed by atoms with van der Waals surface area (Å²) >= 11 is 0. The molecule has 0 spiro atoms. The molecule has 0 fully saturated rings. The van der Waals surface area contributed by atoms with Crippen LogP contribution in [0.1, 0.15) is 27.9 Å². The molecule has 3 aromatic rings. The van der Waals surface area contributed by atoms with Gasteiger partial charge in [0.25, 0.3) is 5.91 Å². The van der Waals surface area contributed by atoms with Gasteiger partial charge in [0, 0.05) is 17.7 Å². The molecule has 1 heterocycles. The van der Waals surface area contributed by atoms with Crippen LogP contribution in [0.15, 0.2) is 78.9 Å². The molecule has 0 saturated heterocycles. The van der Waals surface area contributed by atoms with E-state index in [0.717, 1.165) is 5.56 Å². The number of halogens is 1. The number of anilines is 1. The quantitative estimate of drug-likeness (QED) is 0.651. The number of fused-ring (bicyclic) bond motifs is 1. The maximum Gasteiger partial charge on any atom is 0.264 e. The minimum Gasteiger partial charge on any atom is -0.375 e. The Kier molecular flexibility index (Phi) is 4.99. The van der Waals surface area contributed by atoms with Crippen molar-refractivity contribution in [1.29, 1.82) is 0 Å². The molecule has 0 bridgehead atoms. The number of aliphatic hydroxyl groups is 1. The van der Waals surface area contributed by atoms with Crippen LogP contribution in [0.2, 0.25) is 0 Å². The average Bonchev–Trinajstić information content (AvgIpc) is 2.95. The number of carbonyl (C=O) groups is 2. The molecule has 1 amide bonds. The predicted octanol–water partition coefficient (Wildman–Crippen LogP) is 3.88. The number of carbonyl (C=O) groups excluding carboxylic acids is 2. The molecule has 0 radical (unpaired) electrons. The first-order valence-corrected chi connectivity index (χ1v) is 9.45. The van der Waals surface area contributed by atoms with Crippen LogP contribution in [0.5, 0.6) is 0 Å². The lowest BCUT2D eigenvalue weighted by atomic mass is 9.88. The topological polar surface area (TPSA) is 57.6 Å². The molecule has 146 valence electrons. The van der Waals surface area contributed by atoms with Gasteiger partial charge in [0.15, 0.2) is 11.4 Å². The molecule has 1 N–H and O–H groups in total. The SMILES string of the molecule is O=C(CC1(O)C(=O)N(CCc2ccccc2)c2ccccc21)c1ccc(F)cc1. The Morgan fingerprint density at radius 1 is 0.931 bits per heavy atom. The van der Waals surface area contributed by atoms with Crippen LogP contribution in [0, 0.1) is 5.82 Å². The Bertz CT molecular complexity index is 1050. The van der Waals surface area contributed by atoms with Crippen molar-refractivity contribution < 1.29 is 19.1 Å². The first-order chi connectivity index (χ1) is 14.0. The van der Waals surface area contributed by atoms with E-state index in [1.54, 1.807) is 29.2 Å². The highest BCUT2D eigenvalue weighted by molar-refractivity contribution is 6.10. The standard InChI is InChI=1S/C24H20FNO3/c25-19-12-10-18(11-13-19)22(27)16-24(29)20-8-4-5-9-21(20)26(23(24)28)15-14-17-6-2-1-3-7-17/h1-13,29H,14-16H2. The molecule has 1 unspecified atom stereocenters. The van der Waals surface area contributed by atoms with E-state index in [9.17, 15) is 19.1 Å². The molecule has 1 atom stereocenters. The maximum absolute atomic E-state index is 13.2. The molecule has 1 aliphatic heterocycles. The van der Waals surface area contributed by atoms with Crippen LogP contribution >= 0.6 is 0 Å². The molecule has 1 aliphatic rings. The summed E-state index contributed by atoms with van der Waals surface area (Å²) < 4.78 is 13.1. The number of Topliss-reactive ketones (excluding diaryl/α,β-unsaturated/α-hetero) is 1. The first kappa shape index (κ1) is 19.0. The van der Waals surface area contributed by atoms with Crippen molar-refractivity contribution in [1.82, 2.24) is 0 Å². The second kappa shape index (κ2) is 7.60. The van der Waals surface area contributed by atoms with Crippen molar-refractivity contribution in [3.8, 4) is 0 Å². The van der Waals surface area contributed by atoms with Crippen LogP contribution in [0.4, 0.5) is 10.1 Å². The Morgan fingerprint density at radius 2 is 1.59 bits per heavy atom. The number of ketones is 1. The number of hydrogen-bond donors (Lipinski definition) is 1. The van der Waals surface area contributed by atoms with Gasteiger partial charge in [-0.3, -0.25) is 9.59 Å². The van der Waals surface area contributed by atoms with Gasteiger partial charge in [-0.05, 0) is 42.3 Å². The monoisotopic (exact) mass is 389 g/mol. The predicted molar refractivity (Wildman–Crippen MR) is 108 cm³/mol. The van der Waals surface area contributed by atoms with Crippen molar-refractivity contribution >= 4 is 17.4 Å². The summed E-state index contributed by atoms with van der Waals surface area (Å²) in [6.07, 6.45) is 0.235. The number of rotatable bonds is 6. The first-order valence-electron chi connectivity index (χ1n) is 9.45. The Morgan fingerprint density at radius 3 is 2.31 bits per heavy atom. The summed E-state index contributed by atoms with van der Waals surface area (Å²) in [5.74, 6) is -1.37. The molecular formula is C24H20FNO3. The van der Waals surface area contributed by atoms with Gasteiger partial charge < -0.3 is 10.0 Å². The zero-order chi connectivity index (χ0) is 20.4. The van der Waals surface area contributed by atoms with Gasteiger partial charge >= 0.3 is 0 Å². The lowest BCUT2D eigenvalue weighted by molar-refractivity contribution is -0.135. The summed E-state index contributed by atoms with van der Waals surface area (Å²) in [5, 5.41) is 11.3. The third-order valence-corrected chi connectivity index (χ3v) is 5.29. The fourth-order valence-corrected chi connectivity index (χ4v) is 3.76. The number of para-hydroxylation sites is 1. The number of benzene rings is 3. The zero-order valence-corrected chi connectivity index (χ0v) is 15.7. The number of nitrogens with zero attached hydrogens (tertiary/aromatic N) is 1. The van der Waals surface area contributed by atoms with Gasteiger partial charge in [-0.25, -0.2) is 4.39 Å². The minimum absolute atomic E-state index is 0.257. The van der Waals surface area contributed by atoms with E-state index in [4.69, 9.17) is 0 Å². The van der Waals surface area contributed by atoms with Crippen LogP contribution in [-0.4, -0.2) is 23.3 Å². The maximum atomic E-state index is 13.2. The van der Waals surface area contributed by atoms with Crippen molar-refractivity contribution in [3.05, 3.63) is 101 Å². The van der Waals surface area contributed by atoms with Gasteiger partial charge in [-0.15, -0.1) is 0 Å². The molecule has 4 nitrogen and oxygen atoms in total. The molecule has 0 saturated carbocycles. The van der Waals surface area contributed by atoms with E-state index in [-0.39, 0.29) is 5.56 Å². The van der Waals surface area contributed by atoms with Crippen molar-refractivity contribution in [2.75, 3.05) is 11.4 Å². The van der Waals surface area contributed by atoms with Gasteiger partial charge in [-0.1, -0.05) is 48.5 Å². The van der Waals surface area contributed by atoms with Crippen LogP contribution in [0.3, 0.4) is 0 Å². The molecule has 29 heavy (non-hydrogen) atoms. The lowest BCUT2D eigenvalue weighted by Crippen LogP contribution is -2.42. The summed E-state index contributed by atoms with van der Waals surface area (Å²) in [4.78, 5) is 27.4. The molecule has 0 aromatic heterocycles. The van der Waals surface area contributed by atoms with E-state index in [2.05, 4.69) is 0 Å². The Balaban J connectivity index is 1.60. The number of amides is 1. The summed E-state index contributed by atoms with van der Waals surface area (Å²) in [5.41, 5.74) is 0.443. The molecule has 5 heteroatoms. The van der Waals surface area contributed by atoms with Crippen LogP contribution in [-0.2, 0) is 16.8 Å². The van der Waals surface area contributed by atoms with Crippen molar-refractivity contribution in [2.24, 2.45) is 0 Å². The van der Waals surface area contributed by atoms with Crippen molar-refractivity contribution in [3.63, 3.8) is 0 Å². The van der Waals surface area contributed by atoms with Crippen molar-refractivity contribution in [2.45, 2.75) is 18.4 Å². The summed E-state index contributed by atoms with van der Waals surface area (Å²) in [6.45, 7) is 0.396. The van der Waals surface area contributed by atoms with E-state index < -0.39 is 29.5 Å². The second-order valence-corrected chi connectivity index (χ2v) is 7.18. The third-order valence-electron chi connectivity index (χ3n) is 5.29. The van der Waals surface area contributed by atoms with E-state index in [0.29, 0.717) is 24.2 Å². The zero-order valence-electron chi connectivity index (χ0n) is 15.7. The molecule has 4 rings (SSSR count). The smallest absolute Gasteiger partial charge is 0.264 e. The largest absolute Gasteiger partial charge is 0.375 e. The fourth-order valence-electron chi connectivity index (χ4n) is 3.76. The molecule has 0 aliphatic carbocycles. The van der Waals surface area contributed by atoms with Gasteiger partial charge in [0.1, 0.15) is 5.82 Å². The third kappa shape index (κ3) is 3.57. The van der Waals surface area contributed by atoms with E-state index in [1.165, 1.54) is 24.3 Å². The van der Waals surface area contributed by atoms with Crippen LogP contribution < -0.4 is 4.90 Å². The Labute approximate surface area is 168 Å². The van der Waals surface area contributed by atoms with Crippen LogP contribution in [0.25, 0.3) is 0 Å². The van der Waals surface area contributed by atoms with E-state index >= 15 is 0 Å². The molecular weight excluding hydrogens is 369 g/mol. The average molecular weight is 389 g/mol. The normalized spacial score (nSPS) is 18.0.